The van der Waals surface area contributed by atoms with E-state index in [2.05, 4.69) is 36.2 Å². The van der Waals surface area contributed by atoms with Gasteiger partial charge in [-0.1, -0.05) is 30.7 Å². The van der Waals surface area contributed by atoms with Crippen molar-refractivity contribution < 1.29 is 0 Å². The van der Waals surface area contributed by atoms with Crippen molar-refractivity contribution in [3.63, 3.8) is 0 Å². The number of piperidine rings is 1. The van der Waals surface area contributed by atoms with Crippen LogP contribution in [0, 0.1) is 5.92 Å². The molecule has 0 radical (unpaired) electrons. The molecule has 0 bridgehead atoms. The quantitative estimate of drug-likeness (QED) is 0.894. The molecule has 1 saturated carbocycles. The molecule has 0 aromatic heterocycles. The van der Waals surface area contributed by atoms with E-state index in [4.69, 9.17) is 11.6 Å². The van der Waals surface area contributed by atoms with E-state index in [9.17, 15) is 0 Å². The molecule has 1 N–H and O–H groups in total. The van der Waals surface area contributed by atoms with Crippen LogP contribution < -0.4 is 10.2 Å². The standard InChI is InChI=1S/C17H25ClN2/c1-12-6-7-13(2)20(11-12)17-14(4-3-5-16(17)18)10-19-15-8-9-15/h3-5,12-13,15,19H,6-11H2,1-2H3. The Morgan fingerprint density at radius 1 is 1.20 bits per heavy atom. The number of para-hydroxylation sites is 1. The molecule has 1 aliphatic carbocycles. The molecule has 1 aromatic carbocycles. The van der Waals surface area contributed by atoms with Crippen molar-refractivity contribution >= 4 is 17.3 Å². The summed E-state index contributed by atoms with van der Waals surface area (Å²) in [6.45, 7) is 6.74. The SMILES string of the molecule is CC1CCC(C)N(c2c(Cl)cccc2CNC2CC2)C1. The summed E-state index contributed by atoms with van der Waals surface area (Å²) < 4.78 is 0. The zero-order valence-corrected chi connectivity index (χ0v) is 13.3. The Morgan fingerprint density at radius 3 is 2.75 bits per heavy atom. The monoisotopic (exact) mass is 292 g/mol. The van der Waals surface area contributed by atoms with Crippen molar-refractivity contribution in [1.29, 1.82) is 0 Å². The molecular formula is C17H25ClN2. The van der Waals surface area contributed by atoms with Gasteiger partial charge in [0, 0.05) is 25.2 Å². The molecule has 110 valence electrons. The molecule has 0 amide bonds. The summed E-state index contributed by atoms with van der Waals surface area (Å²) in [6.07, 6.45) is 5.25. The predicted molar refractivity (Wildman–Crippen MR) is 86.5 cm³/mol. The molecule has 3 rings (SSSR count). The minimum absolute atomic E-state index is 0.589. The van der Waals surface area contributed by atoms with Gasteiger partial charge in [0.1, 0.15) is 0 Å². The zero-order chi connectivity index (χ0) is 14.1. The Kier molecular flexibility index (Phi) is 4.23. The number of anilines is 1. The normalized spacial score (nSPS) is 26.9. The highest BCUT2D eigenvalue weighted by Gasteiger charge is 2.27. The van der Waals surface area contributed by atoms with E-state index in [0.717, 1.165) is 30.1 Å². The largest absolute Gasteiger partial charge is 0.367 e. The van der Waals surface area contributed by atoms with Crippen LogP contribution >= 0.6 is 11.6 Å². The van der Waals surface area contributed by atoms with Gasteiger partial charge < -0.3 is 10.2 Å². The lowest BCUT2D eigenvalue weighted by Gasteiger charge is -2.40. The molecule has 2 fully saturated rings. The Bertz CT molecular complexity index is 470. The second-order valence-electron chi connectivity index (χ2n) is 6.59. The highest BCUT2D eigenvalue weighted by Crippen LogP contribution is 2.36. The Balaban J connectivity index is 1.85. The van der Waals surface area contributed by atoms with Gasteiger partial charge >= 0.3 is 0 Å². The first-order chi connectivity index (χ1) is 9.65. The second kappa shape index (κ2) is 5.95. The highest BCUT2D eigenvalue weighted by atomic mass is 35.5. The van der Waals surface area contributed by atoms with Crippen LogP contribution in [0.5, 0.6) is 0 Å². The first-order valence-electron chi connectivity index (χ1n) is 7.92. The van der Waals surface area contributed by atoms with E-state index in [0.29, 0.717) is 6.04 Å². The van der Waals surface area contributed by atoms with Crippen LogP contribution in [0.2, 0.25) is 5.02 Å². The Labute approximate surface area is 127 Å². The number of nitrogens with one attached hydrogen (secondary N) is 1. The van der Waals surface area contributed by atoms with Crippen LogP contribution in [0.1, 0.15) is 45.1 Å². The van der Waals surface area contributed by atoms with Crippen LogP contribution in [0.25, 0.3) is 0 Å². The van der Waals surface area contributed by atoms with E-state index in [1.807, 2.05) is 6.07 Å². The fourth-order valence-electron chi connectivity index (χ4n) is 3.17. The Morgan fingerprint density at radius 2 is 2.00 bits per heavy atom. The molecule has 20 heavy (non-hydrogen) atoms. The lowest BCUT2D eigenvalue weighted by molar-refractivity contribution is 0.389. The van der Waals surface area contributed by atoms with Gasteiger partial charge in [0.05, 0.1) is 10.7 Å². The van der Waals surface area contributed by atoms with Gasteiger partial charge in [-0.15, -0.1) is 0 Å². The molecule has 2 aliphatic rings. The van der Waals surface area contributed by atoms with Crippen molar-refractivity contribution in [2.75, 3.05) is 11.4 Å². The molecule has 2 atom stereocenters. The molecule has 1 saturated heterocycles. The van der Waals surface area contributed by atoms with Crippen molar-refractivity contribution in [3.05, 3.63) is 28.8 Å². The van der Waals surface area contributed by atoms with Gasteiger partial charge in [-0.25, -0.2) is 0 Å². The van der Waals surface area contributed by atoms with E-state index >= 15 is 0 Å². The third kappa shape index (κ3) is 3.12. The van der Waals surface area contributed by atoms with Crippen molar-refractivity contribution in [2.45, 2.75) is 58.2 Å². The third-order valence-electron chi connectivity index (χ3n) is 4.63. The summed E-state index contributed by atoms with van der Waals surface area (Å²) in [4.78, 5) is 2.53. The smallest absolute Gasteiger partial charge is 0.0643 e. The summed E-state index contributed by atoms with van der Waals surface area (Å²) in [5.41, 5.74) is 2.62. The highest BCUT2D eigenvalue weighted by molar-refractivity contribution is 6.33. The third-order valence-corrected chi connectivity index (χ3v) is 4.94. The lowest BCUT2D eigenvalue weighted by Crippen LogP contribution is -2.42. The van der Waals surface area contributed by atoms with Crippen LogP contribution in [0.4, 0.5) is 5.69 Å². The van der Waals surface area contributed by atoms with Gasteiger partial charge in [0.2, 0.25) is 0 Å². The number of rotatable bonds is 4. The summed E-state index contributed by atoms with van der Waals surface area (Å²) in [5, 5.41) is 4.52. The molecule has 1 aromatic rings. The van der Waals surface area contributed by atoms with Crippen LogP contribution in [-0.2, 0) is 6.54 Å². The van der Waals surface area contributed by atoms with Gasteiger partial charge in [-0.05, 0) is 50.2 Å². The van der Waals surface area contributed by atoms with E-state index in [-0.39, 0.29) is 0 Å². The number of hydrogen-bond acceptors (Lipinski definition) is 2. The molecule has 2 unspecified atom stereocenters. The van der Waals surface area contributed by atoms with Crippen LogP contribution in [0.3, 0.4) is 0 Å². The minimum Gasteiger partial charge on any atom is -0.367 e. The molecule has 3 heteroatoms. The maximum absolute atomic E-state index is 6.54. The van der Waals surface area contributed by atoms with Crippen molar-refractivity contribution in [3.8, 4) is 0 Å². The number of hydrogen-bond donors (Lipinski definition) is 1. The van der Waals surface area contributed by atoms with Crippen LogP contribution in [-0.4, -0.2) is 18.6 Å². The van der Waals surface area contributed by atoms with Gasteiger partial charge in [0.25, 0.3) is 0 Å². The Hall–Kier alpha value is -0.730. The van der Waals surface area contributed by atoms with E-state index in [1.54, 1.807) is 0 Å². The van der Waals surface area contributed by atoms with Gasteiger partial charge in [-0.2, -0.15) is 0 Å². The van der Waals surface area contributed by atoms with Crippen LogP contribution in [0.15, 0.2) is 18.2 Å². The van der Waals surface area contributed by atoms with Crippen molar-refractivity contribution in [2.24, 2.45) is 5.92 Å². The molecule has 2 nitrogen and oxygen atoms in total. The predicted octanol–water partition coefficient (Wildman–Crippen LogP) is 4.22. The first kappa shape index (κ1) is 14.2. The number of nitrogens with zero attached hydrogens (tertiary/aromatic N) is 1. The average molecular weight is 293 g/mol. The average Bonchev–Trinajstić information content (AvgIpc) is 3.24. The maximum atomic E-state index is 6.54. The first-order valence-corrected chi connectivity index (χ1v) is 8.30. The maximum Gasteiger partial charge on any atom is 0.0643 e. The molecular weight excluding hydrogens is 268 g/mol. The second-order valence-corrected chi connectivity index (χ2v) is 6.99. The zero-order valence-electron chi connectivity index (χ0n) is 12.5. The summed E-state index contributed by atoms with van der Waals surface area (Å²) >= 11 is 6.54. The van der Waals surface area contributed by atoms with Gasteiger partial charge in [0.15, 0.2) is 0 Å². The topological polar surface area (TPSA) is 15.3 Å². The van der Waals surface area contributed by atoms with E-state index < -0.39 is 0 Å². The summed E-state index contributed by atoms with van der Waals surface area (Å²) in [6, 6.07) is 7.66. The summed E-state index contributed by atoms with van der Waals surface area (Å²) in [5.74, 6) is 0.756. The molecule has 1 heterocycles. The molecule has 1 aliphatic heterocycles. The van der Waals surface area contributed by atoms with Crippen molar-refractivity contribution in [1.82, 2.24) is 5.32 Å². The van der Waals surface area contributed by atoms with Gasteiger partial charge in [-0.3, -0.25) is 0 Å². The number of halogens is 1. The lowest BCUT2D eigenvalue weighted by atomic mass is 9.93. The fourth-order valence-corrected chi connectivity index (χ4v) is 3.47. The minimum atomic E-state index is 0.589. The number of benzene rings is 1. The van der Waals surface area contributed by atoms with E-state index in [1.165, 1.54) is 36.9 Å². The fraction of sp³-hybridized carbons (Fsp3) is 0.647. The summed E-state index contributed by atoms with van der Waals surface area (Å²) in [7, 11) is 0. The molecule has 0 spiro atoms.